The second-order valence-corrected chi connectivity index (χ2v) is 7.55. The Morgan fingerprint density at radius 3 is 2.58 bits per heavy atom. The van der Waals surface area contributed by atoms with E-state index in [0.29, 0.717) is 42.9 Å². The second kappa shape index (κ2) is 9.97. The molecule has 1 saturated heterocycles. The topological polar surface area (TPSA) is 78.4 Å². The zero-order chi connectivity index (χ0) is 19.1. The molecule has 26 heavy (non-hydrogen) atoms. The monoisotopic (exact) mass is 399 g/mol. The van der Waals surface area contributed by atoms with Gasteiger partial charge in [0.05, 0.1) is 5.75 Å². The van der Waals surface area contributed by atoms with Crippen molar-refractivity contribution in [3.8, 4) is 0 Å². The Kier molecular flexibility index (Phi) is 7.96. The van der Waals surface area contributed by atoms with E-state index < -0.39 is 0 Å². The molecule has 144 valence electrons. The summed E-state index contributed by atoms with van der Waals surface area (Å²) in [5, 5.41) is 3.76. The molecule has 1 N–H and O–H groups in total. The van der Waals surface area contributed by atoms with Crippen LogP contribution in [0.15, 0.2) is 11.2 Å². The van der Waals surface area contributed by atoms with E-state index in [1.54, 1.807) is 6.07 Å². The Labute approximate surface area is 163 Å². The van der Waals surface area contributed by atoms with Crippen molar-refractivity contribution >= 4 is 41.0 Å². The molecule has 2 rings (SSSR count). The maximum Gasteiger partial charge on any atom is 0.230 e. The van der Waals surface area contributed by atoms with Crippen LogP contribution >= 0.6 is 23.4 Å². The molecule has 7 nitrogen and oxygen atoms in total. The van der Waals surface area contributed by atoms with Crippen LogP contribution in [0.2, 0.25) is 5.15 Å². The first-order chi connectivity index (χ1) is 12.4. The number of carbonyl (C=O) groups is 2. The molecule has 1 aromatic rings. The maximum atomic E-state index is 11.9. The van der Waals surface area contributed by atoms with Gasteiger partial charge in [-0.25, -0.2) is 9.97 Å². The summed E-state index contributed by atoms with van der Waals surface area (Å²) < 4.78 is 0. The van der Waals surface area contributed by atoms with Crippen molar-refractivity contribution in [2.75, 3.05) is 36.8 Å². The number of hydrogen-bond donors (Lipinski definition) is 1. The normalized spacial score (nSPS) is 15.7. The number of thioether (sulfide) groups is 1. The Hall–Kier alpha value is -1.54. The summed E-state index contributed by atoms with van der Waals surface area (Å²) in [6.07, 6.45) is 1.42. The van der Waals surface area contributed by atoms with E-state index in [-0.39, 0.29) is 23.6 Å². The molecule has 1 aliphatic rings. The number of aromatic nitrogens is 2. The molecule has 2 heterocycles. The average molecular weight is 400 g/mol. The minimum Gasteiger partial charge on any atom is -0.353 e. The Balaban J connectivity index is 1.95. The van der Waals surface area contributed by atoms with Gasteiger partial charge >= 0.3 is 0 Å². The fourth-order valence-electron chi connectivity index (χ4n) is 2.57. The average Bonchev–Trinajstić information content (AvgIpc) is 2.65. The Morgan fingerprint density at radius 1 is 1.27 bits per heavy atom. The zero-order valence-electron chi connectivity index (χ0n) is 15.5. The number of hydrogen-bond acceptors (Lipinski definition) is 6. The molecule has 0 spiro atoms. The van der Waals surface area contributed by atoms with Crippen LogP contribution in [0, 0.1) is 0 Å². The molecule has 1 aromatic heterocycles. The van der Waals surface area contributed by atoms with Crippen molar-refractivity contribution in [2.24, 2.45) is 0 Å². The quantitative estimate of drug-likeness (QED) is 0.430. The third-order valence-corrected chi connectivity index (χ3v) is 5.31. The number of halogens is 1. The highest BCUT2D eigenvalue weighted by Crippen LogP contribution is 2.23. The summed E-state index contributed by atoms with van der Waals surface area (Å²) in [6.45, 7) is 8.63. The summed E-state index contributed by atoms with van der Waals surface area (Å²) >= 11 is 7.41. The van der Waals surface area contributed by atoms with Gasteiger partial charge in [-0.3, -0.25) is 9.59 Å². The van der Waals surface area contributed by atoms with Gasteiger partial charge in [0.1, 0.15) is 11.0 Å². The van der Waals surface area contributed by atoms with Crippen LogP contribution in [-0.4, -0.2) is 64.7 Å². The second-order valence-electron chi connectivity index (χ2n) is 6.22. The van der Waals surface area contributed by atoms with Crippen molar-refractivity contribution in [1.29, 1.82) is 0 Å². The summed E-state index contributed by atoms with van der Waals surface area (Å²) in [5.74, 6) is 1.12. The third kappa shape index (κ3) is 6.02. The lowest BCUT2D eigenvalue weighted by atomic mass is 10.3. The first-order valence-electron chi connectivity index (χ1n) is 8.92. The molecular weight excluding hydrogens is 374 g/mol. The molecule has 2 amide bonds. The fourth-order valence-corrected chi connectivity index (χ4v) is 3.46. The highest BCUT2D eigenvalue weighted by molar-refractivity contribution is 7.99. The van der Waals surface area contributed by atoms with Crippen LogP contribution < -0.4 is 10.2 Å². The van der Waals surface area contributed by atoms with Crippen LogP contribution in [0.25, 0.3) is 0 Å². The molecule has 1 fully saturated rings. The van der Waals surface area contributed by atoms with Crippen molar-refractivity contribution < 1.29 is 9.59 Å². The lowest BCUT2D eigenvalue weighted by Gasteiger charge is -2.35. The number of rotatable bonds is 7. The SMILES string of the molecule is CCC(=O)N1CCN(c2cc(Cl)nc(SCC(=O)N[C@@H](C)CC)n2)CC1. The van der Waals surface area contributed by atoms with Crippen LogP contribution in [0.1, 0.15) is 33.6 Å². The van der Waals surface area contributed by atoms with E-state index in [9.17, 15) is 9.59 Å². The predicted molar refractivity (Wildman–Crippen MR) is 105 cm³/mol. The van der Waals surface area contributed by atoms with Crippen LogP contribution in [0.3, 0.4) is 0 Å². The standard InChI is InChI=1S/C17H26ClN5O2S/c1-4-12(3)19-15(24)11-26-17-20-13(18)10-14(21-17)22-6-8-23(9-7-22)16(25)5-2/h10,12H,4-9,11H2,1-3H3,(H,19,24)/t12-/m0/s1. The van der Waals surface area contributed by atoms with Gasteiger partial charge in [0.25, 0.3) is 0 Å². The third-order valence-electron chi connectivity index (χ3n) is 4.27. The number of amides is 2. The molecule has 0 aromatic carbocycles. The predicted octanol–water partition coefficient (Wildman–Crippen LogP) is 2.20. The van der Waals surface area contributed by atoms with E-state index >= 15 is 0 Å². The van der Waals surface area contributed by atoms with Gasteiger partial charge in [-0.15, -0.1) is 0 Å². The highest BCUT2D eigenvalue weighted by atomic mass is 35.5. The summed E-state index contributed by atoms with van der Waals surface area (Å²) in [6, 6.07) is 1.88. The smallest absolute Gasteiger partial charge is 0.230 e. The first kappa shape index (κ1) is 20.8. The molecule has 0 radical (unpaired) electrons. The van der Waals surface area contributed by atoms with E-state index in [4.69, 9.17) is 11.6 Å². The molecule has 0 aliphatic carbocycles. The molecule has 0 unspecified atom stereocenters. The van der Waals surface area contributed by atoms with E-state index in [1.165, 1.54) is 11.8 Å². The Bertz CT molecular complexity index is 638. The van der Waals surface area contributed by atoms with E-state index in [0.717, 1.165) is 12.2 Å². The van der Waals surface area contributed by atoms with E-state index in [1.807, 2.05) is 25.7 Å². The number of nitrogens with zero attached hydrogens (tertiary/aromatic N) is 4. The molecule has 1 atom stereocenters. The van der Waals surface area contributed by atoms with Crippen LogP contribution in [-0.2, 0) is 9.59 Å². The summed E-state index contributed by atoms with van der Waals surface area (Å²) in [7, 11) is 0. The number of carbonyl (C=O) groups excluding carboxylic acids is 2. The van der Waals surface area contributed by atoms with Crippen molar-refractivity contribution in [3.05, 3.63) is 11.2 Å². The largest absolute Gasteiger partial charge is 0.353 e. The van der Waals surface area contributed by atoms with Gasteiger partial charge in [-0.05, 0) is 13.3 Å². The van der Waals surface area contributed by atoms with Crippen molar-refractivity contribution in [3.63, 3.8) is 0 Å². The van der Waals surface area contributed by atoms with Crippen LogP contribution in [0.5, 0.6) is 0 Å². The number of nitrogens with one attached hydrogen (secondary N) is 1. The van der Waals surface area contributed by atoms with Gasteiger partial charge in [-0.1, -0.05) is 37.2 Å². The van der Waals surface area contributed by atoms with Gasteiger partial charge in [0.15, 0.2) is 5.16 Å². The minimum absolute atomic E-state index is 0.0406. The highest BCUT2D eigenvalue weighted by Gasteiger charge is 2.21. The molecule has 1 aliphatic heterocycles. The fraction of sp³-hybridized carbons (Fsp3) is 0.647. The summed E-state index contributed by atoms with van der Waals surface area (Å²) in [4.78, 5) is 36.4. The maximum absolute atomic E-state index is 11.9. The summed E-state index contributed by atoms with van der Waals surface area (Å²) in [5.41, 5.74) is 0. The Morgan fingerprint density at radius 2 is 1.96 bits per heavy atom. The van der Waals surface area contributed by atoms with Gasteiger partial charge in [0, 0.05) is 44.7 Å². The number of anilines is 1. The molecule has 0 saturated carbocycles. The van der Waals surface area contributed by atoms with Crippen molar-refractivity contribution in [2.45, 2.75) is 44.8 Å². The first-order valence-corrected chi connectivity index (χ1v) is 10.3. The molecule has 9 heteroatoms. The van der Waals surface area contributed by atoms with Gasteiger partial charge in [0.2, 0.25) is 11.8 Å². The van der Waals surface area contributed by atoms with Crippen molar-refractivity contribution in [1.82, 2.24) is 20.2 Å². The zero-order valence-corrected chi connectivity index (χ0v) is 17.1. The van der Waals surface area contributed by atoms with Crippen LogP contribution in [0.4, 0.5) is 5.82 Å². The lowest BCUT2D eigenvalue weighted by Crippen LogP contribution is -2.48. The lowest BCUT2D eigenvalue weighted by molar-refractivity contribution is -0.131. The minimum atomic E-state index is -0.0406. The molecule has 0 bridgehead atoms. The number of piperazine rings is 1. The molecular formula is C17H26ClN5O2S. The van der Waals surface area contributed by atoms with Gasteiger partial charge in [-0.2, -0.15) is 0 Å². The van der Waals surface area contributed by atoms with Gasteiger partial charge < -0.3 is 15.1 Å². The van der Waals surface area contributed by atoms with E-state index in [2.05, 4.69) is 20.2 Å².